The molecule has 3 heterocycles. The first-order chi connectivity index (χ1) is 14.2. The summed E-state index contributed by atoms with van der Waals surface area (Å²) in [5.41, 5.74) is 2.03. The van der Waals surface area contributed by atoms with Gasteiger partial charge in [0.1, 0.15) is 5.58 Å². The molecule has 8 heteroatoms. The van der Waals surface area contributed by atoms with Gasteiger partial charge in [0.2, 0.25) is 5.76 Å². The van der Waals surface area contributed by atoms with Crippen molar-refractivity contribution in [1.29, 1.82) is 0 Å². The molecule has 5 rings (SSSR count). The second kappa shape index (κ2) is 6.78. The summed E-state index contributed by atoms with van der Waals surface area (Å²) in [5.74, 6) is -0.502. The average Bonchev–Trinajstić information content (AvgIpc) is 3.19. The molecule has 1 amide bonds. The second-order valence-corrected chi connectivity index (χ2v) is 11.0. The van der Waals surface area contributed by atoms with Gasteiger partial charge in [-0.25, -0.2) is 8.42 Å². The molecule has 30 heavy (non-hydrogen) atoms. The fraction of sp³-hybridized carbons (Fsp3) is 0.273. The minimum Gasteiger partial charge on any atom is -0.450 e. The highest BCUT2D eigenvalue weighted by molar-refractivity contribution is 9.10. The Hall–Kier alpha value is -2.45. The van der Waals surface area contributed by atoms with E-state index in [1.807, 2.05) is 37.3 Å². The summed E-state index contributed by atoms with van der Waals surface area (Å²) in [6.07, 6.45) is 0.347. The van der Waals surface area contributed by atoms with Crippen LogP contribution in [0.4, 0.5) is 0 Å². The molecule has 2 aromatic carbocycles. The fourth-order valence-electron chi connectivity index (χ4n) is 4.48. The smallest absolute Gasteiger partial charge is 0.291 e. The summed E-state index contributed by atoms with van der Waals surface area (Å²) in [5, 5.41) is 0.419. The molecule has 2 aliphatic heterocycles. The molecule has 6 nitrogen and oxygen atoms in total. The Morgan fingerprint density at radius 3 is 2.63 bits per heavy atom. The van der Waals surface area contributed by atoms with E-state index in [9.17, 15) is 18.0 Å². The van der Waals surface area contributed by atoms with Crippen molar-refractivity contribution in [2.75, 3.05) is 11.5 Å². The molecule has 0 aliphatic carbocycles. The third kappa shape index (κ3) is 3.01. The van der Waals surface area contributed by atoms with Gasteiger partial charge in [-0.2, -0.15) is 0 Å². The first-order valence-electron chi connectivity index (χ1n) is 9.61. The first kappa shape index (κ1) is 19.5. The Morgan fingerprint density at radius 2 is 1.93 bits per heavy atom. The lowest BCUT2D eigenvalue weighted by atomic mass is 9.97. The van der Waals surface area contributed by atoms with Crippen LogP contribution < -0.4 is 5.43 Å². The van der Waals surface area contributed by atoms with Gasteiger partial charge in [-0.3, -0.25) is 9.59 Å². The van der Waals surface area contributed by atoms with Crippen LogP contribution in [-0.4, -0.2) is 36.8 Å². The molecule has 0 radical (unpaired) electrons. The van der Waals surface area contributed by atoms with Crippen LogP contribution >= 0.6 is 15.9 Å². The number of hydrogen-bond donors (Lipinski definition) is 0. The number of halogens is 1. The maximum absolute atomic E-state index is 13.5. The van der Waals surface area contributed by atoms with Crippen LogP contribution in [0.3, 0.4) is 0 Å². The topological polar surface area (TPSA) is 84.7 Å². The zero-order valence-electron chi connectivity index (χ0n) is 16.1. The van der Waals surface area contributed by atoms with Gasteiger partial charge in [0.15, 0.2) is 15.3 Å². The normalized spacial score (nSPS) is 22.6. The molecule has 0 spiro atoms. The van der Waals surface area contributed by atoms with E-state index in [2.05, 4.69) is 15.9 Å². The summed E-state index contributed by atoms with van der Waals surface area (Å²) in [6, 6.07) is 11.5. The summed E-state index contributed by atoms with van der Waals surface area (Å²) in [4.78, 5) is 28.5. The fourth-order valence-corrected chi connectivity index (χ4v) is 6.61. The van der Waals surface area contributed by atoms with Gasteiger partial charge in [0, 0.05) is 10.5 Å². The van der Waals surface area contributed by atoms with Crippen molar-refractivity contribution in [2.45, 2.75) is 25.4 Å². The van der Waals surface area contributed by atoms with Crippen molar-refractivity contribution in [1.82, 2.24) is 4.90 Å². The molecule has 0 N–H and O–H groups in total. The Labute approximate surface area is 181 Å². The molecule has 1 fully saturated rings. The summed E-state index contributed by atoms with van der Waals surface area (Å²) < 4.78 is 31.0. The predicted molar refractivity (Wildman–Crippen MR) is 116 cm³/mol. The third-order valence-electron chi connectivity index (χ3n) is 5.83. The second-order valence-electron chi connectivity index (χ2n) is 7.90. The number of carbonyl (C=O) groups excluding carboxylic acids is 1. The Balaban J connectivity index is 1.78. The summed E-state index contributed by atoms with van der Waals surface area (Å²) >= 11 is 3.45. The van der Waals surface area contributed by atoms with Crippen molar-refractivity contribution < 1.29 is 17.6 Å². The van der Waals surface area contributed by atoms with E-state index in [4.69, 9.17) is 4.42 Å². The molecular weight excluding hydrogens is 470 g/mol. The number of fused-ring (bicyclic) bond motifs is 2. The zero-order chi connectivity index (χ0) is 21.2. The number of hydrogen-bond acceptors (Lipinski definition) is 5. The van der Waals surface area contributed by atoms with Gasteiger partial charge in [0.05, 0.1) is 28.5 Å². The van der Waals surface area contributed by atoms with Crippen molar-refractivity contribution in [3.05, 3.63) is 79.6 Å². The highest BCUT2D eigenvalue weighted by Gasteiger charge is 2.48. The van der Waals surface area contributed by atoms with Crippen LogP contribution in [0.2, 0.25) is 0 Å². The number of amides is 1. The van der Waals surface area contributed by atoms with E-state index in [-0.39, 0.29) is 28.3 Å². The van der Waals surface area contributed by atoms with Gasteiger partial charge in [0.25, 0.3) is 5.91 Å². The van der Waals surface area contributed by atoms with Crippen molar-refractivity contribution in [3.63, 3.8) is 0 Å². The molecule has 1 saturated heterocycles. The first-order valence-corrected chi connectivity index (χ1v) is 12.2. The SMILES string of the molecule is Cc1ccc2oc3c(c(=O)c2c1)C(c1cccc(Br)c1)N(C1CCS(=O)(=O)C1)C3=O. The van der Waals surface area contributed by atoms with E-state index in [0.717, 1.165) is 15.6 Å². The summed E-state index contributed by atoms with van der Waals surface area (Å²) in [6.45, 7) is 1.89. The molecule has 2 aliphatic rings. The molecule has 2 unspecified atom stereocenters. The van der Waals surface area contributed by atoms with Crippen molar-refractivity contribution in [2.24, 2.45) is 0 Å². The van der Waals surface area contributed by atoms with Gasteiger partial charge in [-0.15, -0.1) is 0 Å². The van der Waals surface area contributed by atoms with Crippen LogP contribution in [0.25, 0.3) is 11.0 Å². The van der Waals surface area contributed by atoms with Crippen LogP contribution in [0.1, 0.15) is 39.7 Å². The number of rotatable bonds is 2. The summed E-state index contributed by atoms with van der Waals surface area (Å²) in [7, 11) is -3.22. The number of benzene rings is 2. The van der Waals surface area contributed by atoms with Gasteiger partial charge in [-0.1, -0.05) is 39.7 Å². The lowest BCUT2D eigenvalue weighted by Crippen LogP contribution is -2.40. The Morgan fingerprint density at radius 1 is 1.13 bits per heavy atom. The van der Waals surface area contributed by atoms with E-state index >= 15 is 0 Å². The lowest BCUT2D eigenvalue weighted by Gasteiger charge is -2.30. The Bertz CT molecular complexity index is 1380. The van der Waals surface area contributed by atoms with E-state index in [1.165, 1.54) is 4.90 Å². The minimum atomic E-state index is -3.22. The van der Waals surface area contributed by atoms with Crippen molar-refractivity contribution in [3.8, 4) is 0 Å². The Kier molecular flexibility index (Phi) is 4.41. The molecule has 154 valence electrons. The number of carbonyl (C=O) groups is 1. The van der Waals surface area contributed by atoms with Gasteiger partial charge >= 0.3 is 0 Å². The van der Waals surface area contributed by atoms with Crippen LogP contribution in [0.15, 0.2) is 56.1 Å². The molecular formula is C22H18BrNO5S. The largest absolute Gasteiger partial charge is 0.450 e. The third-order valence-corrected chi connectivity index (χ3v) is 8.07. The predicted octanol–water partition coefficient (Wildman–Crippen LogP) is 3.60. The van der Waals surface area contributed by atoms with E-state index < -0.39 is 27.8 Å². The molecule has 1 aromatic heterocycles. The maximum atomic E-state index is 13.5. The van der Waals surface area contributed by atoms with Crippen LogP contribution in [0, 0.1) is 6.92 Å². The standard InChI is InChI=1S/C22H18BrNO5S/c1-12-5-6-17-16(9-12)20(25)18-19(13-3-2-4-14(23)10-13)24(22(26)21(18)29-17)15-7-8-30(27,28)11-15/h2-6,9-10,15,19H,7-8,11H2,1H3. The quantitative estimate of drug-likeness (QED) is 0.551. The molecule has 0 saturated carbocycles. The monoisotopic (exact) mass is 487 g/mol. The van der Waals surface area contributed by atoms with Crippen LogP contribution in [0.5, 0.6) is 0 Å². The lowest BCUT2D eigenvalue weighted by molar-refractivity contribution is 0.0662. The highest BCUT2D eigenvalue weighted by Crippen LogP contribution is 2.41. The number of aryl methyl sites for hydroxylation is 1. The molecule has 0 bridgehead atoms. The van der Waals surface area contributed by atoms with Crippen LogP contribution in [-0.2, 0) is 9.84 Å². The van der Waals surface area contributed by atoms with Crippen molar-refractivity contribution >= 4 is 42.6 Å². The molecule has 3 aromatic rings. The maximum Gasteiger partial charge on any atom is 0.291 e. The van der Waals surface area contributed by atoms with E-state index in [1.54, 1.807) is 12.1 Å². The number of nitrogens with zero attached hydrogens (tertiary/aromatic N) is 1. The molecule has 2 atom stereocenters. The number of sulfone groups is 1. The zero-order valence-corrected chi connectivity index (χ0v) is 18.5. The van der Waals surface area contributed by atoms with Gasteiger partial charge < -0.3 is 9.32 Å². The van der Waals surface area contributed by atoms with Gasteiger partial charge in [-0.05, 0) is 43.2 Å². The average molecular weight is 488 g/mol. The highest BCUT2D eigenvalue weighted by atomic mass is 79.9. The van der Waals surface area contributed by atoms with E-state index in [0.29, 0.717) is 17.4 Å². The minimum absolute atomic E-state index is 0.00521.